The molecule has 30 heavy (non-hydrogen) atoms. The van der Waals surface area contributed by atoms with Gasteiger partial charge < -0.3 is 10.1 Å². The van der Waals surface area contributed by atoms with E-state index < -0.39 is 36.9 Å². The number of benzene rings is 1. The number of carbonyl (C=O) groups is 4. The molecule has 3 amide bonds. The summed E-state index contributed by atoms with van der Waals surface area (Å²) < 4.78 is 4.95. The van der Waals surface area contributed by atoms with Crippen molar-refractivity contribution < 1.29 is 23.9 Å². The largest absolute Gasteiger partial charge is 0.454 e. The molecule has 1 saturated heterocycles. The number of nitrogens with one attached hydrogen (secondary N) is 1. The van der Waals surface area contributed by atoms with Gasteiger partial charge in [-0.15, -0.1) is 0 Å². The Morgan fingerprint density at radius 1 is 1.10 bits per heavy atom. The summed E-state index contributed by atoms with van der Waals surface area (Å²) in [5, 5.41) is 3.16. The molecule has 160 valence electrons. The first kappa shape index (κ1) is 22.0. The molecule has 2 saturated carbocycles. The first-order valence-corrected chi connectivity index (χ1v) is 11.8. The van der Waals surface area contributed by atoms with Crippen LogP contribution < -0.4 is 5.32 Å². The van der Waals surface area contributed by atoms with Crippen LogP contribution in [-0.2, 0) is 23.9 Å². The molecular weight excluding hydrogens is 567 g/mol. The average Bonchev–Trinajstić information content (AvgIpc) is 3.29. The lowest BCUT2D eigenvalue weighted by molar-refractivity contribution is -0.154. The van der Waals surface area contributed by atoms with Crippen LogP contribution in [0.2, 0.25) is 10.0 Å². The van der Waals surface area contributed by atoms with Crippen molar-refractivity contribution in [2.75, 3.05) is 18.5 Å². The highest BCUT2D eigenvalue weighted by Crippen LogP contribution is 2.60. The van der Waals surface area contributed by atoms with E-state index in [9.17, 15) is 19.2 Å². The molecule has 0 unspecified atom stereocenters. The van der Waals surface area contributed by atoms with Crippen LogP contribution in [0.5, 0.6) is 0 Å². The molecule has 0 spiro atoms. The number of likely N-dealkylation sites (tertiary alicyclic amines) is 1. The van der Waals surface area contributed by atoms with Gasteiger partial charge in [-0.1, -0.05) is 55.1 Å². The molecular formula is C19H16Br2Cl2N2O5. The fourth-order valence-electron chi connectivity index (χ4n) is 4.66. The molecule has 2 aliphatic carbocycles. The van der Waals surface area contributed by atoms with Gasteiger partial charge >= 0.3 is 5.97 Å². The number of imide groups is 1. The van der Waals surface area contributed by atoms with Gasteiger partial charge in [0.05, 0.1) is 22.5 Å². The number of carbonyl (C=O) groups excluding carboxylic acids is 4. The van der Waals surface area contributed by atoms with Crippen molar-refractivity contribution in [3.63, 3.8) is 0 Å². The maximum absolute atomic E-state index is 12.8. The van der Waals surface area contributed by atoms with Crippen molar-refractivity contribution in [2.45, 2.75) is 16.1 Å². The fraction of sp³-hybridized carbons (Fsp3) is 0.474. The predicted molar refractivity (Wildman–Crippen MR) is 117 cm³/mol. The van der Waals surface area contributed by atoms with E-state index in [1.54, 1.807) is 6.07 Å². The lowest BCUT2D eigenvalue weighted by Crippen LogP contribution is -2.38. The predicted octanol–water partition coefficient (Wildman–Crippen LogP) is 3.25. The number of amides is 3. The van der Waals surface area contributed by atoms with Crippen LogP contribution in [0.3, 0.4) is 0 Å². The summed E-state index contributed by atoms with van der Waals surface area (Å²) in [5.74, 6) is -2.77. The smallest absolute Gasteiger partial charge is 0.326 e. The molecule has 7 nitrogen and oxygen atoms in total. The normalized spacial score (nSPS) is 31.8. The standard InChI is InChI=1S/C19H16Br2Cl2N2O5/c20-16-8-4-9(17(16)21)15-14(8)18(28)25(19(15)29)5-13(27)30-6-12(26)24-11-2-1-7(22)3-10(11)23/h1-3,8-9,14-17H,4-6H2,(H,24,26)/t8-,9-,14-,15+,16-,17+/m1/s1. The van der Waals surface area contributed by atoms with Crippen LogP contribution >= 0.6 is 55.1 Å². The molecule has 3 fully saturated rings. The minimum atomic E-state index is -0.827. The molecule has 1 heterocycles. The highest BCUT2D eigenvalue weighted by Gasteiger charge is 2.66. The van der Waals surface area contributed by atoms with E-state index in [1.807, 2.05) is 0 Å². The quantitative estimate of drug-likeness (QED) is 0.327. The monoisotopic (exact) mass is 580 g/mol. The van der Waals surface area contributed by atoms with Crippen LogP contribution in [-0.4, -0.2) is 51.4 Å². The first-order chi connectivity index (χ1) is 14.2. The summed E-state index contributed by atoms with van der Waals surface area (Å²) in [6.45, 7) is -1.07. The minimum Gasteiger partial charge on any atom is -0.454 e. The first-order valence-electron chi connectivity index (χ1n) is 9.23. The number of alkyl halides is 2. The SMILES string of the molecule is O=C(COC(=O)CN1C(=O)[C@@H]2[C@H]3C[C@@H]([C@H](Br)[C@@H]3Br)[C@@H]2C1=O)Nc1ccc(Cl)cc1Cl. The molecule has 4 rings (SSSR count). The number of nitrogens with zero attached hydrogens (tertiary/aromatic N) is 1. The Bertz CT molecular complexity index is 913. The van der Waals surface area contributed by atoms with Gasteiger partial charge in [0.1, 0.15) is 6.54 Å². The lowest BCUT2D eigenvalue weighted by atomic mass is 9.81. The number of hydrogen-bond donors (Lipinski definition) is 1. The number of hydrogen-bond acceptors (Lipinski definition) is 5. The van der Waals surface area contributed by atoms with E-state index in [4.69, 9.17) is 27.9 Å². The molecule has 1 aromatic carbocycles. The summed E-state index contributed by atoms with van der Waals surface area (Å²) in [6, 6.07) is 4.54. The van der Waals surface area contributed by atoms with E-state index in [-0.39, 0.29) is 38.3 Å². The van der Waals surface area contributed by atoms with Gasteiger partial charge in [-0.3, -0.25) is 24.1 Å². The molecule has 6 atom stereocenters. The number of esters is 1. The van der Waals surface area contributed by atoms with Gasteiger partial charge in [-0.25, -0.2) is 0 Å². The molecule has 0 aromatic heterocycles. The van der Waals surface area contributed by atoms with E-state index in [0.29, 0.717) is 10.7 Å². The Morgan fingerprint density at radius 3 is 2.27 bits per heavy atom. The molecule has 3 aliphatic rings. The van der Waals surface area contributed by atoms with Crippen LogP contribution in [0.1, 0.15) is 6.42 Å². The summed E-state index contributed by atoms with van der Waals surface area (Å²) in [6.07, 6.45) is 0.810. The summed E-state index contributed by atoms with van der Waals surface area (Å²) in [5.41, 5.74) is 0.323. The third-order valence-corrected chi connectivity index (χ3v) is 9.69. The van der Waals surface area contributed by atoms with Crippen LogP contribution in [0, 0.1) is 23.7 Å². The van der Waals surface area contributed by atoms with Gasteiger partial charge in [0.25, 0.3) is 5.91 Å². The van der Waals surface area contributed by atoms with Crippen molar-refractivity contribution in [2.24, 2.45) is 23.7 Å². The molecule has 0 radical (unpaired) electrons. The fourth-order valence-corrected chi connectivity index (χ4v) is 6.99. The molecule has 1 aliphatic heterocycles. The topological polar surface area (TPSA) is 92.8 Å². The Balaban J connectivity index is 1.32. The van der Waals surface area contributed by atoms with Gasteiger partial charge in [0, 0.05) is 14.7 Å². The number of ether oxygens (including phenoxy) is 1. The number of halogens is 4. The average molecular weight is 583 g/mol. The van der Waals surface area contributed by atoms with Crippen LogP contribution in [0.15, 0.2) is 18.2 Å². The van der Waals surface area contributed by atoms with Crippen molar-refractivity contribution in [1.29, 1.82) is 0 Å². The van der Waals surface area contributed by atoms with E-state index in [2.05, 4.69) is 37.2 Å². The zero-order valence-corrected chi connectivity index (χ0v) is 20.0. The summed E-state index contributed by atoms with van der Waals surface area (Å²) in [7, 11) is 0. The highest BCUT2D eigenvalue weighted by atomic mass is 79.9. The minimum absolute atomic E-state index is 0.0664. The van der Waals surface area contributed by atoms with Gasteiger partial charge in [0.2, 0.25) is 11.8 Å². The number of rotatable bonds is 5. The Labute approximate surface area is 199 Å². The van der Waals surface area contributed by atoms with Crippen molar-refractivity contribution >= 4 is 84.4 Å². The lowest BCUT2D eigenvalue weighted by Gasteiger charge is -2.28. The summed E-state index contributed by atoms with van der Waals surface area (Å²) >= 11 is 19.0. The zero-order valence-electron chi connectivity index (χ0n) is 15.3. The Kier molecular flexibility index (Phi) is 6.18. The molecule has 1 N–H and O–H groups in total. The number of fused-ring (bicyclic) bond motifs is 5. The highest BCUT2D eigenvalue weighted by molar-refractivity contribution is 9.12. The third kappa shape index (κ3) is 3.78. The van der Waals surface area contributed by atoms with Crippen LogP contribution in [0.25, 0.3) is 0 Å². The summed E-state index contributed by atoms with van der Waals surface area (Å²) in [4.78, 5) is 50.9. The van der Waals surface area contributed by atoms with E-state index >= 15 is 0 Å². The molecule has 1 aromatic rings. The van der Waals surface area contributed by atoms with Gasteiger partial charge in [-0.2, -0.15) is 0 Å². The molecule has 2 bridgehead atoms. The van der Waals surface area contributed by atoms with Gasteiger partial charge in [-0.05, 0) is 36.5 Å². The maximum atomic E-state index is 12.8. The Morgan fingerprint density at radius 2 is 1.70 bits per heavy atom. The third-order valence-electron chi connectivity index (χ3n) is 5.94. The van der Waals surface area contributed by atoms with Crippen molar-refractivity contribution in [3.05, 3.63) is 28.2 Å². The molecule has 11 heteroatoms. The maximum Gasteiger partial charge on any atom is 0.326 e. The zero-order chi connectivity index (χ0) is 21.7. The second-order valence-electron chi connectivity index (χ2n) is 7.60. The second kappa shape index (κ2) is 8.41. The van der Waals surface area contributed by atoms with E-state index in [0.717, 1.165) is 11.3 Å². The van der Waals surface area contributed by atoms with Crippen molar-refractivity contribution in [3.8, 4) is 0 Å². The number of anilines is 1. The van der Waals surface area contributed by atoms with E-state index in [1.165, 1.54) is 12.1 Å². The second-order valence-corrected chi connectivity index (χ2v) is 10.6. The Hall–Kier alpha value is -1.16. The van der Waals surface area contributed by atoms with Crippen LogP contribution in [0.4, 0.5) is 5.69 Å². The van der Waals surface area contributed by atoms with Crippen molar-refractivity contribution in [1.82, 2.24) is 4.90 Å². The van der Waals surface area contributed by atoms with Gasteiger partial charge in [0.15, 0.2) is 6.61 Å².